The number of amides is 2. The van der Waals surface area contributed by atoms with Crippen LogP contribution in [0.25, 0.3) is 0 Å². The number of hydrogen-bond acceptors (Lipinski definition) is 3. The minimum atomic E-state index is -4.43. The first-order valence-electron chi connectivity index (χ1n) is 5.65. The quantitative estimate of drug-likeness (QED) is 0.630. The third-order valence-electron chi connectivity index (χ3n) is 2.37. The van der Waals surface area contributed by atoms with Crippen LogP contribution in [0.5, 0.6) is 0 Å². The van der Waals surface area contributed by atoms with Gasteiger partial charge in [-0.25, -0.2) is 0 Å². The SMILES string of the molecule is CC(NCC(=O)NC1CC1)C(=O)NCC(F)(F)F. The third kappa shape index (κ3) is 6.43. The molecule has 0 radical (unpaired) electrons. The van der Waals surface area contributed by atoms with Crippen LogP contribution in [0.1, 0.15) is 19.8 Å². The number of carbonyl (C=O) groups excluding carboxylic acids is 2. The van der Waals surface area contributed by atoms with E-state index in [0.29, 0.717) is 0 Å². The molecule has 0 saturated heterocycles. The molecule has 0 bridgehead atoms. The molecule has 0 spiro atoms. The molecule has 0 aromatic carbocycles. The molecule has 8 heteroatoms. The van der Waals surface area contributed by atoms with Crippen LogP contribution < -0.4 is 16.0 Å². The maximum Gasteiger partial charge on any atom is 0.405 e. The first-order valence-corrected chi connectivity index (χ1v) is 5.65. The van der Waals surface area contributed by atoms with Crippen LogP contribution in [0.3, 0.4) is 0 Å². The Balaban J connectivity index is 2.16. The van der Waals surface area contributed by atoms with Gasteiger partial charge in [-0.15, -0.1) is 0 Å². The number of halogens is 3. The van der Waals surface area contributed by atoms with Crippen LogP contribution in [0.15, 0.2) is 0 Å². The van der Waals surface area contributed by atoms with Crippen molar-refractivity contribution in [3.05, 3.63) is 0 Å². The molecule has 1 saturated carbocycles. The normalized spacial score (nSPS) is 17.1. The summed E-state index contributed by atoms with van der Waals surface area (Å²) >= 11 is 0. The zero-order valence-electron chi connectivity index (χ0n) is 9.93. The molecular formula is C10H16F3N3O2. The Morgan fingerprint density at radius 1 is 1.33 bits per heavy atom. The van der Waals surface area contributed by atoms with Gasteiger partial charge in [-0.05, 0) is 19.8 Å². The summed E-state index contributed by atoms with van der Waals surface area (Å²) in [6.45, 7) is -0.0562. The molecule has 0 aliphatic heterocycles. The van der Waals surface area contributed by atoms with Gasteiger partial charge in [-0.3, -0.25) is 14.9 Å². The van der Waals surface area contributed by atoms with E-state index in [0.717, 1.165) is 12.8 Å². The molecule has 0 heterocycles. The predicted molar refractivity (Wildman–Crippen MR) is 57.7 cm³/mol. The lowest BCUT2D eigenvalue weighted by molar-refractivity contribution is -0.139. The largest absolute Gasteiger partial charge is 0.405 e. The third-order valence-corrected chi connectivity index (χ3v) is 2.37. The lowest BCUT2D eigenvalue weighted by atomic mass is 10.3. The van der Waals surface area contributed by atoms with Crippen LogP contribution in [0.4, 0.5) is 13.2 Å². The average Bonchev–Trinajstić information content (AvgIpc) is 3.05. The highest BCUT2D eigenvalue weighted by molar-refractivity contribution is 5.83. The highest BCUT2D eigenvalue weighted by Crippen LogP contribution is 2.18. The van der Waals surface area contributed by atoms with Gasteiger partial charge in [0.2, 0.25) is 11.8 Å². The molecule has 1 atom stereocenters. The summed E-state index contributed by atoms with van der Waals surface area (Å²) in [6.07, 6.45) is -2.53. The molecule has 1 fully saturated rings. The molecule has 5 nitrogen and oxygen atoms in total. The van der Waals surface area contributed by atoms with Crippen molar-refractivity contribution in [1.82, 2.24) is 16.0 Å². The van der Waals surface area contributed by atoms with Crippen LogP contribution in [-0.4, -0.2) is 43.2 Å². The van der Waals surface area contributed by atoms with Crippen molar-refractivity contribution in [3.63, 3.8) is 0 Å². The maximum atomic E-state index is 11.8. The fourth-order valence-corrected chi connectivity index (χ4v) is 1.19. The van der Waals surface area contributed by atoms with E-state index in [1.807, 2.05) is 0 Å². The minimum Gasteiger partial charge on any atom is -0.352 e. The van der Waals surface area contributed by atoms with E-state index in [2.05, 4.69) is 10.6 Å². The summed E-state index contributed by atoms with van der Waals surface area (Å²) in [5.74, 6) is -1.04. The maximum absolute atomic E-state index is 11.8. The van der Waals surface area contributed by atoms with Gasteiger partial charge in [0, 0.05) is 6.04 Å². The molecule has 104 valence electrons. The Bertz CT molecular complexity index is 316. The second kappa shape index (κ2) is 6.03. The van der Waals surface area contributed by atoms with Crippen LogP contribution in [0.2, 0.25) is 0 Å². The van der Waals surface area contributed by atoms with Gasteiger partial charge in [0.05, 0.1) is 12.6 Å². The van der Waals surface area contributed by atoms with Crippen molar-refractivity contribution in [2.45, 2.75) is 38.0 Å². The van der Waals surface area contributed by atoms with E-state index in [1.165, 1.54) is 6.92 Å². The van der Waals surface area contributed by atoms with Crippen molar-refractivity contribution in [3.8, 4) is 0 Å². The number of hydrogen-bond donors (Lipinski definition) is 3. The zero-order valence-corrected chi connectivity index (χ0v) is 9.93. The number of nitrogens with one attached hydrogen (secondary N) is 3. The smallest absolute Gasteiger partial charge is 0.352 e. The van der Waals surface area contributed by atoms with Gasteiger partial charge in [-0.1, -0.05) is 0 Å². The molecule has 0 aromatic rings. The molecular weight excluding hydrogens is 251 g/mol. The van der Waals surface area contributed by atoms with E-state index < -0.39 is 24.7 Å². The molecule has 2 amide bonds. The standard InChI is InChI=1S/C10H16F3N3O2/c1-6(9(18)15-5-10(11,12)13)14-4-8(17)16-7-2-3-7/h6-7,14H,2-5H2,1H3,(H,15,18)(H,16,17). The lowest BCUT2D eigenvalue weighted by Gasteiger charge is -2.14. The van der Waals surface area contributed by atoms with Crippen molar-refractivity contribution < 1.29 is 22.8 Å². The first-order chi connectivity index (χ1) is 8.28. The fraction of sp³-hybridized carbons (Fsp3) is 0.800. The molecule has 1 aliphatic rings. The highest BCUT2D eigenvalue weighted by atomic mass is 19.4. The Morgan fingerprint density at radius 2 is 1.94 bits per heavy atom. The van der Waals surface area contributed by atoms with Gasteiger partial charge in [0.1, 0.15) is 6.54 Å². The van der Waals surface area contributed by atoms with Gasteiger partial charge >= 0.3 is 6.18 Å². The van der Waals surface area contributed by atoms with Crippen molar-refractivity contribution in [1.29, 1.82) is 0 Å². The summed E-state index contributed by atoms with van der Waals surface area (Å²) in [7, 11) is 0. The van der Waals surface area contributed by atoms with Crippen LogP contribution in [-0.2, 0) is 9.59 Å². The summed E-state index contributed by atoms with van der Waals surface area (Å²) < 4.78 is 35.5. The second-order valence-electron chi connectivity index (χ2n) is 4.28. The molecule has 1 aliphatic carbocycles. The summed E-state index contributed by atoms with van der Waals surface area (Å²) in [6, 6.07) is -0.633. The number of carbonyl (C=O) groups is 2. The van der Waals surface area contributed by atoms with E-state index in [4.69, 9.17) is 0 Å². The fourth-order valence-electron chi connectivity index (χ4n) is 1.19. The summed E-state index contributed by atoms with van der Waals surface area (Å²) in [5.41, 5.74) is 0. The van der Waals surface area contributed by atoms with Crippen molar-refractivity contribution in [2.24, 2.45) is 0 Å². The van der Waals surface area contributed by atoms with E-state index >= 15 is 0 Å². The highest BCUT2D eigenvalue weighted by Gasteiger charge is 2.29. The zero-order chi connectivity index (χ0) is 13.8. The minimum absolute atomic E-state index is 0.0862. The average molecular weight is 267 g/mol. The van der Waals surface area contributed by atoms with Crippen molar-refractivity contribution in [2.75, 3.05) is 13.1 Å². The predicted octanol–water partition coefficient (Wildman–Crippen LogP) is -0.0784. The molecule has 3 N–H and O–H groups in total. The monoisotopic (exact) mass is 267 g/mol. The van der Waals surface area contributed by atoms with Gasteiger partial charge in [-0.2, -0.15) is 13.2 Å². The second-order valence-corrected chi connectivity index (χ2v) is 4.28. The molecule has 1 rings (SSSR count). The Morgan fingerprint density at radius 3 is 2.44 bits per heavy atom. The van der Waals surface area contributed by atoms with Gasteiger partial charge < -0.3 is 10.6 Å². The summed E-state index contributed by atoms with van der Waals surface area (Å²) in [5, 5.41) is 6.99. The lowest BCUT2D eigenvalue weighted by Crippen LogP contribution is -2.48. The Kier molecular flexibility index (Phi) is 4.94. The summed E-state index contributed by atoms with van der Waals surface area (Å²) in [4.78, 5) is 22.5. The van der Waals surface area contributed by atoms with Crippen molar-refractivity contribution >= 4 is 11.8 Å². The van der Waals surface area contributed by atoms with E-state index in [9.17, 15) is 22.8 Å². The molecule has 18 heavy (non-hydrogen) atoms. The first kappa shape index (κ1) is 14.7. The van der Waals surface area contributed by atoms with Crippen LogP contribution in [0, 0.1) is 0 Å². The molecule has 0 aromatic heterocycles. The van der Waals surface area contributed by atoms with E-state index in [-0.39, 0.29) is 18.5 Å². The topological polar surface area (TPSA) is 70.2 Å². The van der Waals surface area contributed by atoms with Gasteiger partial charge in [0.25, 0.3) is 0 Å². The van der Waals surface area contributed by atoms with E-state index in [1.54, 1.807) is 5.32 Å². The van der Waals surface area contributed by atoms with Crippen LogP contribution >= 0.6 is 0 Å². The molecule has 1 unspecified atom stereocenters. The Labute approximate surface area is 102 Å². The Hall–Kier alpha value is -1.31. The number of rotatable bonds is 6. The van der Waals surface area contributed by atoms with Gasteiger partial charge in [0.15, 0.2) is 0 Å². The number of alkyl halides is 3.